The number of fused-ring (bicyclic) bond motifs is 3. The number of aromatic nitrogens is 3. The van der Waals surface area contributed by atoms with E-state index in [0.29, 0.717) is 32.2 Å². The van der Waals surface area contributed by atoms with Gasteiger partial charge < -0.3 is 19.5 Å². The lowest BCUT2D eigenvalue weighted by molar-refractivity contribution is 0.143. The largest absolute Gasteiger partial charge is 0.382 e. The third-order valence-electron chi connectivity index (χ3n) is 7.21. The fourth-order valence-corrected chi connectivity index (χ4v) is 5.18. The molecular formula is C31H37N5O2. The number of hydrogen-bond acceptors (Lipinski definition) is 3. The molecule has 2 aromatic heterocycles. The van der Waals surface area contributed by atoms with Gasteiger partial charge in [0.2, 0.25) is 0 Å². The number of ether oxygens (including phenoxy) is 1. The maximum atomic E-state index is 13.8. The highest BCUT2D eigenvalue weighted by atomic mass is 16.5. The smallest absolute Gasteiger partial charge is 0.318 e. The fraction of sp³-hybridized carbons (Fsp3) is 0.355. The number of carbonyl (C=O) groups is 1. The Hall–Kier alpha value is -3.84. The quantitative estimate of drug-likeness (QED) is 0.289. The normalized spacial score (nSPS) is 14.8. The lowest BCUT2D eigenvalue weighted by Gasteiger charge is -2.31. The van der Waals surface area contributed by atoms with Crippen LogP contribution in [0.15, 0.2) is 72.9 Å². The first-order chi connectivity index (χ1) is 18.5. The number of urea groups is 1. The van der Waals surface area contributed by atoms with Gasteiger partial charge in [0.05, 0.1) is 29.7 Å². The van der Waals surface area contributed by atoms with E-state index >= 15 is 0 Å². The molecule has 0 fully saturated rings. The van der Waals surface area contributed by atoms with Crippen LogP contribution < -0.4 is 5.32 Å². The average Bonchev–Trinajstić information content (AvgIpc) is 3.49. The highest BCUT2D eigenvalue weighted by molar-refractivity contribution is 5.76. The summed E-state index contributed by atoms with van der Waals surface area (Å²) in [6.45, 7) is 10.7. The van der Waals surface area contributed by atoms with E-state index in [1.165, 1.54) is 5.56 Å². The molecule has 1 aliphatic heterocycles. The Kier molecular flexibility index (Phi) is 7.65. The number of rotatable bonds is 8. The second kappa shape index (κ2) is 11.3. The Balaban J connectivity index is 1.60. The summed E-state index contributed by atoms with van der Waals surface area (Å²) in [5.74, 6) is 1.42. The van der Waals surface area contributed by atoms with E-state index in [0.717, 1.165) is 40.4 Å². The van der Waals surface area contributed by atoms with E-state index in [1.807, 2.05) is 41.6 Å². The molecule has 2 amide bonds. The number of hydrogen-bond donors (Lipinski definition) is 1. The van der Waals surface area contributed by atoms with Gasteiger partial charge in [-0.3, -0.25) is 0 Å². The molecule has 4 aromatic rings. The molecule has 38 heavy (non-hydrogen) atoms. The molecule has 7 nitrogen and oxygen atoms in total. The molecule has 198 valence electrons. The van der Waals surface area contributed by atoms with Gasteiger partial charge in [-0.2, -0.15) is 5.10 Å². The van der Waals surface area contributed by atoms with Crippen LogP contribution in [0, 0.1) is 6.92 Å². The van der Waals surface area contributed by atoms with Crippen LogP contribution >= 0.6 is 0 Å². The first-order valence-electron chi connectivity index (χ1n) is 13.5. The minimum absolute atomic E-state index is 0.0908. The number of aryl methyl sites for hydroxylation is 1. The van der Waals surface area contributed by atoms with Crippen LogP contribution in [0.3, 0.4) is 0 Å². The molecule has 0 saturated heterocycles. The Morgan fingerprint density at radius 2 is 1.84 bits per heavy atom. The van der Waals surface area contributed by atoms with Crippen molar-refractivity contribution < 1.29 is 9.53 Å². The molecule has 1 atom stereocenters. The third kappa shape index (κ3) is 4.98. The zero-order chi connectivity index (χ0) is 26.6. The Morgan fingerprint density at radius 1 is 1.08 bits per heavy atom. The summed E-state index contributed by atoms with van der Waals surface area (Å²) >= 11 is 0. The minimum Gasteiger partial charge on any atom is -0.382 e. The van der Waals surface area contributed by atoms with Crippen molar-refractivity contribution in [1.82, 2.24) is 24.6 Å². The van der Waals surface area contributed by atoms with Gasteiger partial charge in [-0.1, -0.05) is 56.3 Å². The summed E-state index contributed by atoms with van der Waals surface area (Å²) in [5.41, 5.74) is 6.33. The molecular weight excluding hydrogens is 474 g/mol. The average molecular weight is 512 g/mol. The second-order valence-corrected chi connectivity index (χ2v) is 10.1. The molecule has 0 saturated carbocycles. The number of nitrogens with one attached hydrogen (secondary N) is 1. The van der Waals surface area contributed by atoms with Crippen LogP contribution in [0.5, 0.6) is 0 Å². The summed E-state index contributed by atoms with van der Waals surface area (Å²) in [5, 5.41) is 8.07. The number of benzene rings is 2. The number of para-hydroxylation sites is 1. The van der Waals surface area contributed by atoms with Gasteiger partial charge in [0.15, 0.2) is 0 Å². The summed E-state index contributed by atoms with van der Waals surface area (Å²) in [6, 6.07) is 22.7. The molecule has 2 aromatic carbocycles. The van der Waals surface area contributed by atoms with Gasteiger partial charge in [-0.15, -0.1) is 0 Å². The summed E-state index contributed by atoms with van der Waals surface area (Å²) in [6.07, 6.45) is 2.85. The zero-order valence-corrected chi connectivity index (χ0v) is 22.7. The zero-order valence-electron chi connectivity index (χ0n) is 22.7. The first-order valence-corrected chi connectivity index (χ1v) is 13.5. The van der Waals surface area contributed by atoms with Gasteiger partial charge in [-0.05, 0) is 61.6 Å². The molecule has 0 unspecified atom stereocenters. The lowest BCUT2D eigenvalue weighted by Crippen LogP contribution is -2.42. The van der Waals surface area contributed by atoms with Gasteiger partial charge in [0.25, 0.3) is 0 Å². The van der Waals surface area contributed by atoms with E-state index in [1.54, 1.807) is 0 Å². The molecule has 0 bridgehead atoms. The maximum Gasteiger partial charge on any atom is 0.318 e. The second-order valence-electron chi connectivity index (χ2n) is 10.1. The van der Waals surface area contributed by atoms with Gasteiger partial charge >= 0.3 is 6.03 Å². The van der Waals surface area contributed by atoms with E-state index < -0.39 is 0 Å². The minimum atomic E-state index is -0.255. The highest BCUT2D eigenvalue weighted by Crippen LogP contribution is 2.38. The van der Waals surface area contributed by atoms with Crippen molar-refractivity contribution >= 4 is 6.03 Å². The predicted octanol–water partition coefficient (Wildman–Crippen LogP) is 6.14. The molecule has 0 radical (unpaired) electrons. The third-order valence-corrected chi connectivity index (χ3v) is 7.21. The Labute approximate surface area is 225 Å². The predicted molar refractivity (Wildman–Crippen MR) is 150 cm³/mol. The highest BCUT2D eigenvalue weighted by Gasteiger charge is 2.35. The van der Waals surface area contributed by atoms with Crippen molar-refractivity contribution in [2.24, 2.45) is 0 Å². The van der Waals surface area contributed by atoms with Crippen LogP contribution in [0.25, 0.3) is 11.5 Å². The molecule has 1 aliphatic rings. The molecule has 7 heteroatoms. The molecule has 5 rings (SSSR count). The molecule has 0 spiro atoms. The standard InChI is InChI=1S/C31H37N5O2/c1-5-38-20-10-18-32-31(37)35-21-27-23(4)33-36(26-11-7-6-8-12-26)30(27)34-19-9-13-28(34)29(35)25-16-14-24(15-17-25)22(2)3/h6-9,11-17,19,22,29H,5,10,18,20-21H2,1-4H3,(H,32,37)/t29-/m1/s1. The molecule has 1 N–H and O–H groups in total. The van der Waals surface area contributed by atoms with E-state index in [9.17, 15) is 4.79 Å². The van der Waals surface area contributed by atoms with Crippen LogP contribution in [-0.2, 0) is 11.3 Å². The van der Waals surface area contributed by atoms with Crippen molar-refractivity contribution in [3.63, 3.8) is 0 Å². The first kappa shape index (κ1) is 25.8. The number of nitrogens with zero attached hydrogens (tertiary/aromatic N) is 4. The van der Waals surface area contributed by atoms with Gasteiger partial charge in [0, 0.05) is 31.5 Å². The number of amides is 2. The van der Waals surface area contributed by atoms with E-state index in [-0.39, 0.29) is 12.1 Å². The van der Waals surface area contributed by atoms with Crippen LogP contribution in [0.2, 0.25) is 0 Å². The topological polar surface area (TPSA) is 64.3 Å². The van der Waals surface area contributed by atoms with Crippen molar-refractivity contribution in [3.8, 4) is 11.5 Å². The van der Waals surface area contributed by atoms with Crippen molar-refractivity contribution in [2.75, 3.05) is 19.8 Å². The van der Waals surface area contributed by atoms with E-state index in [2.05, 4.69) is 78.5 Å². The molecule has 0 aliphatic carbocycles. The molecule has 3 heterocycles. The van der Waals surface area contributed by atoms with Crippen LogP contribution in [0.4, 0.5) is 4.79 Å². The van der Waals surface area contributed by atoms with Crippen molar-refractivity contribution in [2.45, 2.75) is 52.6 Å². The van der Waals surface area contributed by atoms with Crippen molar-refractivity contribution in [1.29, 1.82) is 0 Å². The summed E-state index contributed by atoms with van der Waals surface area (Å²) in [4.78, 5) is 15.8. The number of carbonyl (C=O) groups excluding carboxylic acids is 1. The van der Waals surface area contributed by atoms with Crippen molar-refractivity contribution in [3.05, 3.63) is 101 Å². The van der Waals surface area contributed by atoms with Gasteiger partial charge in [-0.25, -0.2) is 9.48 Å². The fourth-order valence-electron chi connectivity index (χ4n) is 5.18. The Morgan fingerprint density at radius 3 is 2.55 bits per heavy atom. The van der Waals surface area contributed by atoms with Crippen LogP contribution in [0.1, 0.15) is 67.2 Å². The maximum absolute atomic E-state index is 13.8. The van der Waals surface area contributed by atoms with Crippen LogP contribution in [-0.4, -0.2) is 45.0 Å². The SMILES string of the molecule is CCOCCCNC(=O)N1Cc2c(C)nn(-c3ccccc3)c2-n2cccc2[C@H]1c1ccc(C(C)C)cc1. The Bertz CT molecular complexity index is 1370. The monoisotopic (exact) mass is 511 g/mol. The summed E-state index contributed by atoms with van der Waals surface area (Å²) in [7, 11) is 0. The summed E-state index contributed by atoms with van der Waals surface area (Å²) < 4.78 is 9.66. The lowest BCUT2D eigenvalue weighted by atomic mass is 9.97. The van der Waals surface area contributed by atoms with Gasteiger partial charge in [0.1, 0.15) is 5.82 Å². The van der Waals surface area contributed by atoms with E-state index in [4.69, 9.17) is 9.84 Å².